The van der Waals surface area contributed by atoms with Crippen molar-refractivity contribution < 1.29 is 24.1 Å². The number of fused-ring (bicyclic) bond motifs is 1. The molecule has 176 valence electrons. The molecule has 0 unspecified atom stereocenters. The first-order chi connectivity index (χ1) is 16.4. The summed E-state index contributed by atoms with van der Waals surface area (Å²) in [5.41, 5.74) is 1.41. The topological polar surface area (TPSA) is 99.4 Å². The Kier molecular flexibility index (Phi) is 6.56. The highest BCUT2D eigenvalue weighted by molar-refractivity contribution is 7.07. The van der Waals surface area contributed by atoms with Gasteiger partial charge in [-0.1, -0.05) is 29.5 Å². The van der Waals surface area contributed by atoms with Crippen molar-refractivity contribution in [3.63, 3.8) is 0 Å². The molecule has 3 aromatic rings. The number of benzene rings is 2. The molecule has 0 fully saturated rings. The molecule has 0 bridgehead atoms. The van der Waals surface area contributed by atoms with Gasteiger partial charge >= 0.3 is 5.97 Å². The first kappa shape index (κ1) is 23.3. The number of phenolic OH excluding ortho intramolecular Hbond substituents is 1. The summed E-state index contributed by atoms with van der Waals surface area (Å²) in [6, 6.07) is 11.1. The monoisotopic (exact) mass is 480 g/mol. The molecule has 1 atom stereocenters. The number of esters is 1. The van der Waals surface area contributed by atoms with Crippen molar-refractivity contribution in [1.82, 2.24) is 4.57 Å². The number of aromatic hydroxyl groups is 1. The van der Waals surface area contributed by atoms with Gasteiger partial charge in [0, 0.05) is 11.1 Å². The lowest BCUT2D eigenvalue weighted by atomic mass is 9.94. The summed E-state index contributed by atoms with van der Waals surface area (Å²) < 4.78 is 18.1. The van der Waals surface area contributed by atoms with Gasteiger partial charge in [-0.3, -0.25) is 9.36 Å². The second kappa shape index (κ2) is 9.56. The molecule has 0 spiro atoms. The van der Waals surface area contributed by atoms with Gasteiger partial charge in [0.25, 0.3) is 5.56 Å². The van der Waals surface area contributed by atoms with Crippen LogP contribution >= 0.6 is 11.3 Å². The average Bonchev–Trinajstić information content (AvgIpc) is 3.13. The molecular weight excluding hydrogens is 456 g/mol. The van der Waals surface area contributed by atoms with Crippen LogP contribution in [0.1, 0.15) is 31.0 Å². The summed E-state index contributed by atoms with van der Waals surface area (Å²) in [5.74, 6) is 0.527. The van der Waals surface area contributed by atoms with E-state index in [0.29, 0.717) is 37.7 Å². The summed E-state index contributed by atoms with van der Waals surface area (Å²) in [6.45, 7) is 3.61. The first-order valence-electron chi connectivity index (χ1n) is 10.6. The van der Waals surface area contributed by atoms with Crippen molar-refractivity contribution in [1.29, 1.82) is 0 Å². The molecule has 0 radical (unpaired) electrons. The largest absolute Gasteiger partial charge is 0.507 e. The Morgan fingerprint density at radius 3 is 2.65 bits per heavy atom. The van der Waals surface area contributed by atoms with E-state index in [1.54, 1.807) is 62.4 Å². The Labute approximate surface area is 199 Å². The zero-order chi connectivity index (χ0) is 24.4. The van der Waals surface area contributed by atoms with E-state index >= 15 is 0 Å². The van der Waals surface area contributed by atoms with Gasteiger partial charge in [-0.05, 0) is 44.2 Å². The number of carbonyl (C=O) groups is 1. The van der Waals surface area contributed by atoms with Gasteiger partial charge in [0.05, 0.1) is 36.6 Å². The number of hydrogen-bond acceptors (Lipinski definition) is 8. The molecular formula is C25H24N2O6S. The lowest BCUT2D eigenvalue weighted by Gasteiger charge is -2.26. The number of para-hydroxylation sites is 1. The van der Waals surface area contributed by atoms with Crippen LogP contribution in [0.15, 0.2) is 63.5 Å². The van der Waals surface area contributed by atoms with Gasteiger partial charge in [-0.2, -0.15) is 0 Å². The molecule has 0 amide bonds. The quantitative estimate of drug-likeness (QED) is 0.545. The minimum atomic E-state index is -0.841. The summed E-state index contributed by atoms with van der Waals surface area (Å²) in [5, 5.41) is 10.2. The number of nitrogens with zero attached hydrogens (tertiary/aromatic N) is 2. The number of aromatic nitrogens is 1. The van der Waals surface area contributed by atoms with Crippen LogP contribution in [0, 0.1) is 0 Å². The Morgan fingerprint density at radius 2 is 1.97 bits per heavy atom. The van der Waals surface area contributed by atoms with Crippen LogP contribution in [0.25, 0.3) is 6.08 Å². The highest BCUT2D eigenvalue weighted by Crippen LogP contribution is 2.37. The van der Waals surface area contributed by atoms with Crippen LogP contribution in [0.3, 0.4) is 0 Å². The van der Waals surface area contributed by atoms with Crippen LogP contribution in [0.2, 0.25) is 0 Å². The fourth-order valence-electron chi connectivity index (χ4n) is 3.89. The molecule has 1 N–H and O–H groups in total. The van der Waals surface area contributed by atoms with E-state index in [9.17, 15) is 14.7 Å². The molecule has 34 heavy (non-hydrogen) atoms. The van der Waals surface area contributed by atoms with E-state index in [-0.39, 0.29) is 23.5 Å². The summed E-state index contributed by atoms with van der Waals surface area (Å²) in [6.07, 6.45) is 1.61. The Balaban J connectivity index is 2.03. The van der Waals surface area contributed by atoms with E-state index < -0.39 is 12.0 Å². The number of ether oxygens (including phenoxy) is 3. The van der Waals surface area contributed by atoms with E-state index in [0.717, 1.165) is 0 Å². The second-order valence-corrected chi connectivity index (χ2v) is 8.48. The van der Waals surface area contributed by atoms with Gasteiger partial charge in [-0.25, -0.2) is 9.79 Å². The normalized spacial score (nSPS) is 15.5. The molecule has 2 heterocycles. The molecule has 1 aliphatic heterocycles. The SMILES string of the molecule is CCOC(=O)C1=C(C)N=c2s/c(=C/c3ccccc3O)c(=O)n2[C@H]1c1cc(OC)ccc1OC. The number of hydrogen-bond donors (Lipinski definition) is 1. The third kappa shape index (κ3) is 4.10. The minimum absolute atomic E-state index is 0.0581. The minimum Gasteiger partial charge on any atom is -0.507 e. The molecule has 0 saturated heterocycles. The van der Waals surface area contributed by atoms with Crippen LogP contribution in [-0.4, -0.2) is 36.5 Å². The van der Waals surface area contributed by atoms with Crippen molar-refractivity contribution in [2.45, 2.75) is 19.9 Å². The van der Waals surface area contributed by atoms with Gasteiger partial charge in [0.2, 0.25) is 0 Å². The van der Waals surface area contributed by atoms with Crippen molar-refractivity contribution in [2.24, 2.45) is 4.99 Å². The Morgan fingerprint density at radius 1 is 1.21 bits per heavy atom. The molecule has 9 heteroatoms. The Bertz CT molecular complexity index is 1470. The zero-order valence-corrected chi connectivity index (χ0v) is 20.0. The number of rotatable bonds is 6. The lowest BCUT2D eigenvalue weighted by Crippen LogP contribution is -2.40. The van der Waals surface area contributed by atoms with Crippen LogP contribution in [0.5, 0.6) is 17.2 Å². The lowest BCUT2D eigenvalue weighted by molar-refractivity contribution is -0.139. The zero-order valence-electron chi connectivity index (χ0n) is 19.2. The fourth-order valence-corrected chi connectivity index (χ4v) is 4.93. The predicted octanol–water partition coefficient (Wildman–Crippen LogP) is 2.52. The van der Waals surface area contributed by atoms with Gasteiger partial charge in [0.1, 0.15) is 23.3 Å². The number of allylic oxidation sites excluding steroid dienone is 1. The number of thiazole rings is 1. The molecule has 8 nitrogen and oxygen atoms in total. The van der Waals surface area contributed by atoms with E-state index in [4.69, 9.17) is 14.2 Å². The van der Waals surface area contributed by atoms with Crippen LogP contribution in [-0.2, 0) is 9.53 Å². The van der Waals surface area contributed by atoms with Gasteiger partial charge in [0.15, 0.2) is 4.80 Å². The van der Waals surface area contributed by atoms with Crippen molar-refractivity contribution >= 4 is 23.4 Å². The van der Waals surface area contributed by atoms with Crippen LogP contribution in [0.4, 0.5) is 0 Å². The fraction of sp³-hybridized carbons (Fsp3) is 0.240. The van der Waals surface area contributed by atoms with Gasteiger partial charge in [-0.15, -0.1) is 0 Å². The molecule has 2 aromatic carbocycles. The van der Waals surface area contributed by atoms with E-state index in [2.05, 4.69) is 4.99 Å². The third-order valence-electron chi connectivity index (χ3n) is 5.47. The standard InChI is InChI=1S/C25H24N2O6S/c1-5-33-24(30)21-14(2)26-25-27(22(21)17-13-16(31-3)10-11-19(17)32-4)23(29)20(34-25)12-15-8-6-7-9-18(15)28/h6-13,22,28H,5H2,1-4H3/b20-12+/t22-/m0/s1. The van der Waals surface area contributed by atoms with Crippen LogP contribution < -0.4 is 24.4 Å². The molecule has 0 aliphatic carbocycles. The molecule has 1 aromatic heterocycles. The molecule has 1 aliphatic rings. The number of carbonyl (C=O) groups excluding carboxylic acids is 1. The smallest absolute Gasteiger partial charge is 0.338 e. The van der Waals surface area contributed by atoms with E-state index in [1.807, 2.05) is 0 Å². The molecule has 4 rings (SSSR count). The van der Waals surface area contributed by atoms with Crippen molar-refractivity contribution in [3.05, 3.63) is 84.5 Å². The summed E-state index contributed by atoms with van der Waals surface area (Å²) in [7, 11) is 3.06. The van der Waals surface area contributed by atoms with E-state index in [1.165, 1.54) is 30.1 Å². The van der Waals surface area contributed by atoms with Crippen molar-refractivity contribution in [3.8, 4) is 17.2 Å². The third-order valence-corrected chi connectivity index (χ3v) is 6.45. The average molecular weight is 481 g/mol. The number of methoxy groups -OCH3 is 2. The number of phenols is 1. The molecule has 0 saturated carbocycles. The first-order valence-corrected chi connectivity index (χ1v) is 11.4. The summed E-state index contributed by atoms with van der Waals surface area (Å²) in [4.78, 5) is 31.7. The maximum absolute atomic E-state index is 13.7. The Hall–Kier alpha value is -3.85. The van der Waals surface area contributed by atoms with Gasteiger partial charge < -0.3 is 19.3 Å². The second-order valence-electron chi connectivity index (χ2n) is 7.47. The predicted molar refractivity (Wildman–Crippen MR) is 128 cm³/mol. The highest BCUT2D eigenvalue weighted by Gasteiger charge is 2.35. The highest BCUT2D eigenvalue weighted by atomic mass is 32.1. The summed E-state index contributed by atoms with van der Waals surface area (Å²) >= 11 is 1.18. The maximum Gasteiger partial charge on any atom is 0.338 e. The maximum atomic E-state index is 13.7. The van der Waals surface area contributed by atoms with Crippen molar-refractivity contribution in [2.75, 3.05) is 20.8 Å².